The van der Waals surface area contributed by atoms with E-state index in [2.05, 4.69) is 176 Å². The van der Waals surface area contributed by atoms with Gasteiger partial charge >= 0.3 is 0 Å². The van der Waals surface area contributed by atoms with Crippen LogP contribution in [-0.2, 0) is 0 Å². The van der Waals surface area contributed by atoms with Crippen molar-refractivity contribution in [3.05, 3.63) is 182 Å². The molecule has 10 aromatic rings. The van der Waals surface area contributed by atoms with E-state index in [1.54, 1.807) is 0 Å². The van der Waals surface area contributed by atoms with Crippen LogP contribution in [0.1, 0.15) is 0 Å². The van der Waals surface area contributed by atoms with Gasteiger partial charge in [0, 0.05) is 16.3 Å². The lowest BCUT2D eigenvalue weighted by Gasteiger charge is -2.15. The van der Waals surface area contributed by atoms with Crippen molar-refractivity contribution in [3.63, 3.8) is 0 Å². The first-order chi connectivity index (χ1) is 24.3. The third kappa shape index (κ3) is 4.55. The lowest BCUT2D eigenvalue weighted by atomic mass is 9.89. The van der Waals surface area contributed by atoms with Crippen LogP contribution in [0.4, 0.5) is 0 Å². The Morgan fingerprint density at radius 2 is 0.714 bits per heavy atom. The summed E-state index contributed by atoms with van der Waals surface area (Å²) in [5, 5.41) is 9.91. The molecule has 1 heteroatoms. The predicted octanol–water partition coefficient (Wildman–Crippen LogP) is 13.7. The highest BCUT2D eigenvalue weighted by Gasteiger charge is 2.16. The molecule has 0 bridgehead atoms. The van der Waals surface area contributed by atoms with Gasteiger partial charge in [-0.05, 0) is 108 Å². The zero-order chi connectivity index (χ0) is 32.3. The quantitative estimate of drug-likeness (QED) is 0.178. The lowest BCUT2D eigenvalue weighted by Crippen LogP contribution is -1.89. The summed E-state index contributed by atoms with van der Waals surface area (Å²) in [6, 6.07) is 65.8. The van der Waals surface area contributed by atoms with Gasteiger partial charge in [0.15, 0.2) is 0 Å². The molecule has 228 valence electrons. The summed E-state index contributed by atoms with van der Waals surface area (Å²) >= 11 is 0. The molecule has 0 radical (unpaired) electrons. The van der Waals surface area contributed by atoms with Crippen molar-refractivity contribution in [1.82, 2.24) is 0 Å². The molecule has 0 unspecified atom stereocenters. The van der Waals surface area contributed by atoms with Crippen molar-refractivity contribution < 1.29 is 4.42 Å². The maximum atomic E-state index is 6.52. The molecule has 0 aliphatic rings. The standard InChI is InChI=1S/C48H30O/c1-3-12-31(13-4-1)33-22-25-42-45(29-33)40-17-8-7-16-39(40)41-24-23-34(30-46(41)42)36-26-35(32-14-5-2-6-15-32)27-37(28-36)38-19-11-20-44-43-18-9-10-21-47(43)49-48(38)44/h1-30H. The Balaban J connectivity index is 1.22. The highest BCUT2D eigenvalue weighted by Crippen LogP contribution is 2.42. The van der Waals surface area contributed by atoms with Crippen LogP contribution in [0.25, 0.3) is 98.8 Å². The van der Waals surface area contributed by atoms with E-state index in [1.807, 2.05) is 6.07 Å². The molecule has 9 aromatic carbocycles. The molecule has 10 rings (SSSR count). The van der Waals surface area contributed by atoms with Gasteiger partial charge in [-0.3, -0.25) is 0 Å². The van der Waals surface area contributed by atoms with Crippen LogP contribution >= 0.6 is 0 Å². The van der Waals surface area contributed by atoms with E-state index in [0.29, 0.717) is 0 Å². The summed E-state index contributed by atoms with van der Waals surface area (Å²) < 4.78 is 6.52. The largest absolute Gasteiger partial charge is 0.455 e. The second-order valence-corrected chi connectivity index (χ2v) is 12.9. The summed E-state index contributed by atoms with van der Waals surface area (Å²) in [4.78, 5) is 0. The molecular weight excluding hydrogens is 593 g/mol. The maximum Gasteiger partial charge on any atom is 0.143 e. The van der Waals surface area contributed by atoms with Crippen LogP contribution < -0.4 is 0 Å². The Bertz CT molecular complexity index is 2860. The first kappa shape index (κ1) is 27.7. The highest BCUT2D eigenvalue weighted by atomic mass is 16.3. The van der Waals surface area contributed by atoms with Gasteiger partial charge in [0.2, 0.25) is 0 Å². The average Bonchev–Trinajstić information content (AvgIpc) is 3.57. The average molecular weight is 623 g/mol. The van der Waals surface area contributed by atoms with Crippen LogP contribution in [-0.4, -0.2) is 0 Å². The predicted molar refractivity (Wildman–Crippen MR) is 208 cm³/mol. The smallest absolute Gasteiger partial charge is 0.143 e. The van der Waals surface area contributed by atoms with Gasteiger partial charge < -0.3 is 4.42 Å². The van der Waals surface area contributed by atoms with E-state index in [9.17, 15) is 0 Å². The summed E-state index contributed by atoms with van der Waals surface area (Å²) in [5.41, 5.74) is 11.3. The SMILES string of the molecule is c1ccc(-c2cc(-c3ccc4c5ccccc5c5cc(-c6ccccc6)ccc5c4c3)cc(-c3cccc4c3oc3ccccc34)c2)cc1. The van der Waals surface area contributed by atoms with E-state index >= 15 is 0 Å². The van der Waals surface area contributed by atoms with Gasteiger partial charge in [-0.2, -0.15) is 0 Å². The van der Waals surface area contributed by atoms with Crippen LogP contribution in [0.5, 0.6) is 0 Å². The van der Waals surface area contributed by atoms with E-state index in [1.165, 1.54) is 65.7 Å². The van der Waals surface area contributed by atoms with Crippen molar-refractivity contribution >= 4 is 54.3 Å². The van der Waals surface area contributed by atoms with Gasteiger partial charge in [-0.25, -0.2) is 0 Å². The third-order valence-corrected chi connectivity index (χ3v) is 10.0. The Kier molecular flexibility index (Phi) is 6.25. The first-order valence-corrected chi connectivity index (χ1v) is 16.8. The molecular formula is C48H30O. The van der Waals surface area contributed by atoms with Gasteiger partial charge in [0.1, 0.15) is 11.2 Å². The Hall–Kier alpha value is -6.44. The molecule has 49 heavy (non-hydrogen) atoms. The Morgan fingerprint density at radius 3 is 1.41 bits per heavy atom. The minimum absolute atomic E-state index is 0.911. The van der Waals surface area contributed by atoms with Crippen molar-refractivity contribution in [3.8, 4) is 44.5 Å². The molecule has 0 saturated carbocycles. The molecule has 0 N–H and O–H groups in total. The van der Waals surface area contributed by atoms with Crippen LogP contribution in [0, 0.1) is 0 Å². The molecule has 0 aliphatic carbocycles. The molecule has 0 fully saturated rings. The second-order valence-electron chi connectivity index (χ2n) is 12.9. The summed E-state index contributed by atoms with van der Waals surface area (Å²) in [6.45, 7) is 0. The fraction of sp³-hybridized carbons (Fsp3) is 0. The summed E-state index contributed by atoms with van der Waals surface area (Å²) in [7, 11) is 0. The van der Waals surface area contributed by atoms with Crippen molar-refractivity contribution in [2.45, 2.75) is 0 Å². The van der Waals surface area contributed by atoms with Crippen molar-refractivity contribution in [1.29, 1.82) is 0 Å². The van der Waals surface area contributed by atoms with Gasteiger partial charge in [-0.1, -0.05) is 146 Å². The monoisotopic (exact) mass is 622 g/mol. The zero-order valence-corrected chi connectivity index (χ0v) is 26.7. The molecule has 0 saturated heterocycles. The minimum atomic E-state index is 0.911. The number of para-hydroxylation sites is 2. The van der Waals surface area contributed by atoms with Crippen molar-refractivity contribution in [2.75, 3.05) is 0 Å². The maximum absolute atomic E-state index is 6.52. The third-order valence-electron chi connectivity index (χ3n) is 10.0. The molecule has 0 spiro atoms. The van der Waals surface area contributed by atoms with E-state index in [-0.39, 0.29) is 0 Å². The molecule has 1 nitrogen and oxygen atoms in total. The molecule has 0 aliphatic heterocycles. The highest BCUT2D eigenvalue weighted by molar-refractivity contribution is 6.26. The minimum Gasteiger partial charge on any atom is -0.455 e. The lowest BCUT2D eigenvalue weighted by molar-refractivity contribution is 0.670. The van der Waals surface area contributed by atoms with Crippen LogP contribution in [0.15, 0.2) is 186 Å². The normalized spacial score (nSPS) is 11.7. The number of rotatable bonds is 4. The zero-order valence-electron chi connectivity index (χ0n) is 26.7. The number of benzene rings is 9. The molecule has 0 atom stereocenters. The molecule has 1 heterocycles. The van der Waals surface area contributed by atoms with Gasteiger partial charge in [0.25, 0.3) is 0 Å². The fourth-order valence-corrected chi connectivity index (χ4v) is 7.67. The fourth-order valence-electron chi connectivity index (χ4n) is 7.67. The van der Waals surface area contributed by atoms with E-state index < -0.39 is 0 Å². The summed E-state index contributed by atoms with van der Waals surface area (Å²) in [5.74, 6) is 0. The van der Waals surface area contributed by atoms with Crippen molar-refractivity contribution in [2.24, 2.45) is 0 Å². The van der Waals surface area contributed by atoms with E-state index in [4.69, 9.17) is 4.42 Å². The molecule has 0 amide bonds. The topological polar surface area (TPSA) is 13.1 Å². The number of fused-ring (bicyclic) bond motifs is 9. The van der Waals surface area contributed by atoms with Crippen LogP contribution in [0.3, 0.4) is 0 Å². The molecule has 1 aromatic heterocycles. The first-order valence-electron chi connectivity index (χ1n) is 16.8. The Labute approximate surface area is 284 Å². The second kappa shape index (κ2) is 11.1. The summed E-state index contributed by atoms with van der Waals surface area (Å²) in [6.07, 6.45) is 0. The van der Waals surface area contributed by atoms with Crippen LogP contribution in [0.2, 0.25) is 0 Å². The number of hydrogen-bond acceptors (Lipinski definition) is 1. The Morgan fingerprint density at radius 1 is 0.245 bits per heavy atom. The number of furan rings is 1. The van der Waals surface area contributed by atoms with Gasteiger partial charge in [-0.15, -0.1) is 0 Å². The number of hydrogen-bond donors (Lipinski definition) is 0. The van der Waals surface area contributed by atoms with E-state index in [0.717, 1.165) is 33.1 Å². The van der Waals surface area contributed by atoms with Gasteiger partial charge in [0.05, 0.1) is 0 Å².